The van der Waals surface area contributed by atoms with E-state index in [0.717, 1.165) is 55.7 Å². The van der Waals surface area contributed by atoms with Gasteiger partial charge < -0.3 is 14.4 Å². The molecule has 122 valence electrons. The zero-order chi connectivity index (χ0) is 15.6. The largest absolute Gasteiger partial charge is 0.486 e. The predicted molar refractivity (Wildman–Crippen MR) is 87.6 cm³/mol. The van der Waals surface area contributed by atoms with Gasteiger partial charge in [0.15, 0.2) is 11.5 Å². The van der Waals surface area contributed by atoms with Crippen molar-refractivity contribution in [2.24, 2.45) is 5.92 Å². The number of amides is 1. The monoisotopic (exact) mass is 313 g/mol. The van der Waals surface area contributed by atoms with Gasteiger partial charge in [-0.3, -0.25) is 4.79 Å². The van der Waals surface area contributed by atoms with Crippen LogP contribution in [0, 0.1) is 5.92 Å². The third-order valence-electron chi connectivity index (χ3n) is 5.11. The van der Waals surface area contributed by atoms with Gasteiger partial charge in [0, 0.05) is 18.0 Å². The number of benzene rings is 1. The lowest BCUT2D eigenvalue weighted by Gasteiger charge is -2.31. The maximum atomic E-state index is 13.0. The minimum atomic E-state index is 0.130. The summed E-state index contributed by atoms with van der Waals surface area (Å²) in [4.78, 5) is 15.1. The van der Waals surface area contributed by atoms with E-state index in [1.165, 1.54) is 0 Å². The van der Waals surface area contributed by atoms with Crippen LogP contribution in [0.5, 0.6) is 11.5 Å². The second-order valence-corrected chi connectivity index (χ2v) is 6.54. The molecule has 0 N–H and O–H groups in total. The lowest BCUT2D eigenvalue weighted by Crippen LogP contribution is -2.36. The van der Waals surface area contributed by atoms with Crippen LogP contribution in [0.4, 0.5) is 0 Å². The molecule has 3 aliphatic rings. The van der Waals surface area contributed by atoms with Crippen LogP contribution in [0.1, 0.15) is 43.7 Å². The normalized spacial score (nSPS) is 26.3. The minimum absolute atomic E-state index is 0.130. The molecule has 0 radical (unpaired) electrons. The van der Waals surface area contributed by atoms with Gasteiger partial charge in [0.1, 0.15) is 13.2 Å². The van der Waals surface area contributed by atoms with Crippen molar-refractivity contribution in [2.75, 3.05) is 19.8 Å². The topological polar surface area (TPSA) is 38.8 Å². The molecule has 0 spiro atoms. The second kappa shape index (κ2) is 6.26. The molecular formula is C19H23NO3. The molecule has 4 nitrogen and oxygen atoms in total. The van der Waals surface area contributed by atoms with Crippen LogP contribution in [0.2, 0.25) is 0 Å². The first-order valence-corrected chi connectivity index (χ1v) is 8.68. The number of carbonyl (C=O) groups excluding carboxylic acids is 1. The van der Waals surface area contributed by atoms with Crippen LogP contribution in [-0.4, -0.2) is 30.6 Å². The van der Waals surface area contributed by atoms with Crippen molar-refractivity contribution in [2.45, 2.75) is 38.1 Å². The number of rotatable bonds is 2. The van der Waals surface area contributed by atoms with Crippen molar-refractivity contribution in [3.8, 4) is 11.5 Å². The molecule has 1 amide bonds. The Kier molecular flexibility index (Phi) is 3.98. The van der Waals surface area contributed by atoms with Gasteiger partial charge >= 0.3 is 0 Å². The van der Waals surface area contributed by atoms with Gasteiger partial charge in [-0.2, -0.15) is 0 Å². The average Bonchev–Trinajstić information content (AvgIpc) is 3.11. The fraction of sp³-hybridized carbons (Fsp3) is 0.526. The number of hydrogen-bond donors (Lipinski definition) is 0. The fourth-order valence-electron chi connectivity index (χ4n) is 3.96. The van der Waals surface area contributed by atoms with Gasteiger partial charge in [0.05, 0.1) is 6.04 Å². The summed E-state index contributed by atoms with van der Waals surface area (Å²) in [6.45, 7) is 2.03. The summed E-state index contributed by atoms with van der Waals surface area (Å²) in [6, 6.07) is 6.17. The molecule has 1 aliphatic carbocycles. The van der Waals surface area contributed by atoms with Crippen LogP contribution >= 0.6 is 0 Å². The van der Waals surface area contributed by atoms with E-state index in [9.17, 15) is 4.79 Å². The van der Waals surface area contributed by atoms with Crippen LogP contribution < -0.4 is 9.47 Å². The highest BCUT2D eigenvalue weighted by Crippen LogP contribution is 2.43. The molecule has 0 bridgehead atoms. The molecule has 0 saturated carbocycles. The highest BCUT2D eigenvalue weighted by molar-refractivity contribution is 5.80. The fourth-order valence-corrected chi connectivity index (χ4v) is 3.96. The zero-order valence-corrected chi connectivity index (χ0v) is 13.4. The Morgan fingerprint density at radius 2 is 2.04 bits per heavy atom. The van der Waals surface area contributed by atoms with E-state index in [0.29, 0.717) is 19.1 Å². The highest BCUT2D eigenvalue weighted by atomic mass is 16.6. The quantitative estimate of drug-likeness (QED) is 0.785. The van der Waals surface area contributed by atoms with Gasteiger partial charge in [-0.25, -0.2) is 0 Å². The minimum Gasteiger partial charge on any atom is -0.486 e. The molecule has 4 heteroatoms. The first-order chi connectivity index (χ1) is 11.3. The van der Waals surface area contributed by atoms with E-state index >= 15 is 0 Å². The summed E-state index contributed by atoms with van der Waals surface area (Å²) in [5.41, 5.74) is 1.11. The Hall–Kier alpha value is -1.97. The van der Waals surface area contributed by atoms with E-state index in [-0.39, 0.29) is 12.0 Å². The lowest BCUT2D eigenvalue weighted by molar-refractivity contribution is -0.136. The number of nitrogens with zero attached hydrogens (tertiary/aromatic N) is 1. The summed E-state index contributed by atoms with van der Waals surface area (Å²) in [5.74, 6) is 2.11. The number of carbonyl (C=O) groups is 1. The molecule has 1 aromatic carbocycles. The van der Waals surface area contributed by atoms with Crippen molar-refractivity contribution in [1.82, 2.24) is 4.90 Å². The summed E-state index contributed by atoms with van der Waals surface area (Å²) >= 11 is 0. The molecule has 23 heavy (non-hydrogen) atoms. The number of ether oxygens (including phenoxy) is 2. The highest BCUT2D eigenvalue weighted by Gasteiger charge is 2.36. The van der Waals surface area contributed by atoms with Crippen LogP contribution in [-0.2, 0) is 4.79 Å². The molecule has 1 aromatic rings. The van der Waals surface area contributed by atoms with Gasteiger partial charge in [-0.15, -0.1) is 0 Å². The number of hydrogen-bond acceptors (Lipinski definition) is 3. The van der Waals surface area contributed by atoms with Gasteiger partial charge in [-0.1, -0.05) is 24.3 Å². The Balaban J connectivity index is 1.61. The third-order valence-corrected chi connectivity index (χ3v) is 5.11. The molecule has 2 atom stereocenters. The van der Waals surface area contributed by atoms with Gasteiger partial charge in [0.25, 0.3) is 0 Å². The smallest absolute Gasteiger partial charge is 0.226 e. The van der Waals surface area contributed by atoms with E-state index in [1.807, 2.05) is 12.1 Å². The van der Waals surface area contributed by atoms with Crippen LogP contribution in [0.3, 0.4) is 0 Å². The predicted octanol–water partition coefficient (Wildman–Crippen LogP) is 3.48. The summed E-state index contributed by atoms with van der Waals surface area (Å²) in [6.07, 6.45) is 9.28. The Morgan fingerprint density at radius 1 is 1.13 bits per heavy atom. The van der Waals surface area contributed by atoms with E-state index < -0.39 is 0 Å². The molecule has 1 fully saturated rings. The Labute approximate surface area is 137 Å². The molecule has 2 heterocycles. The van der Waals surface area contributed by atoms with Crippen molar-refractivity contribution >= 4 is 5.91 Å². The van der Waals surface area contributed by atoms with Crippen LogP contribution in [0.25, 0.3) is 0 Å². The summed E-state index contributed by atoms with van der Waals surface area (Å²) in [7, 11) is 0. The first kappa shape index (κ1) is 14.6. The van der Waals surface area contributed by atoms with Gasteiger partial charge in [-0.05, 0) is 38.2 Å². The number of likely N-dealkylation sites (tertiary alicyclic amines) is 1. The molecule has 4 rings (SSSR count). The van der Waals surface area contributed by atoms with Crippen molar-refractivity contribution in [1.29, 1.82) is 0 Å². The Morgan fingerprint density at radius 3 is 2.91 bits per heavy atom. The first-order valence-electron chi connectivity index (χ1n) is 8.68. The molecule has 1 saturated heterocycles. The molecular weight excluding hydrogens is 290 g/mol. The van der Waals surface area contributed by atoms with Crippen molar-refractivity contribution in [3.63, 3.8) is 0 Å². The van der Waals surface area contributed by atoms with E-state index in [2.05, 4.69) is 23.1 Å². The molecule has 2 aliphatic heterocycles. The van der Waals surface area contributed by atoms with Crippen molar-refractivity contribution < 1.29 is 14.3 Å². The Bertz CT molecular complexity index is 625. The van der Waals surface area contributed by atoms with E-state index in [4.69, 9.17) is 9.47 Å². The SMILES string of the molecule is O=C([C@H]1CC=CCC1)N1CCC[C@H]1c1cccc2c1OCCO2. The number of allylic oxidation sites excluding steroid dienone is 2. The standard InChI is InChI=1S/C19H23NO3/c21-19(14-6-2-1-3-7-14)20-11-5-9-16(20)15-8-4-10-17-18(15)23-13-12-22-17/h1-2,4,8,10,14,16H,3,5-7,9,11-13H2/t14-,16-/m0/s1. The van der Waals surface area contributed by atoms with Crippen LogP contribution in [0.15, 0.2) is 30.4 Å². The number of para-hydroxylation sites is 1. The third kappa shape index (κ3) is 2.71. The maximum absolute atomic E-state index is 13.0. The lowest BCUT2D eigenvalue weighted by atomic mass is 9.92. The van der Waals surface area contributed by atoms with E-state index in [1.54, 1.807) is 0 Å². The van der Waals surface area contributed by atoms with Crippen molar-refractivity contribution in [3.05, 3.63) is 35.9 Å². The average molecular weight is 313 g/mol. The second-order valence-electron chi connectivity index (χ2n) is 6.54. The summed E-state index contributed by atoms with van der Waals surface area (Å²) < 4.78 is 11.6. The molecule has 0 aromatic heterocycles. The summed E-state index contributed by atoms with van der Waals surface area (Å²) in [5, 5.41) is 0. The molecule has 0 unspecified atom stereocenters. The maximum Gasteiger partial charge on any atom is 0.226 e. The van der Waals surface area contributed by atoms with Gasteiger partial charge in [0.2, 0.25) is 5.91 Å². The number of fused-ring (bicyclic) bond motifs is 1. The zero-order valence-electron chi connectivity index (χ0n) is 13.4.